The van der Waals surface area contributed by atoms with E-state index in [2.05, 4.69) is 10.4 Å². The maximum atomic E-state index is 10.3. The molecule has 0 unspecified atom stereocenters. The van der Waals surface area contributed by atoms with Gasteiger partial charge in [0.15, 0.2) is 0 Å². The number of nitrogens with one attached hydrogen (secondary N) is 1. The van der Waals surface area contributed by atoms with Crippen LogP contribution in [0.5, 0.6) is 0 Å². The number of carboxylic acids is 1. The zero-order valence-corrected chi connectivity index (χ0v) is 7.81. The van der Waals surface area contributed by atoms with E-state index < -0.39 is 5.97 Å². The van der Waals surface area contributed by atoms with E-state index in [0.717, 1.165) is 18.7 Å². The van der Waals surface area contributed by atoms with Crippen molar-refractivity contribution in [2.24, 2.45) is 0 Å². The Kier molecular flexibility index (Phi) is 2.49. The van der Waals surface area contributed by atoms with Crippen LogP contribution in [0.3, 0.4) is 0 Å². The lowest BCUT2D eigenvalue weighted by molar-refractivity contribution is -0.136. The van der Waals surface area contributed by atoms with E-state index in [9.17, 15) is 4.79 Å². The summed E-state index contributed by atoms with van der Waals surface area (Å²) in [6.07, 6.45) is 4.43. The molecule has 1 aliphatic rings. The number of aromatic nitrogens is 2. The van der Waals surface area contributed by atoms with Gasteiger partial charge in [0.25, 0.3) is 0 Å². The molecule has 0 aromatic carbocycles. The molecule has 1 aromatic heterocycles. The fraction of sp³-hybridized carbons (Fsp3) is 0.556. The van der Waals surface area contributed by atoms with Gasteiger partial charge in [0.05, 0.1) is 12.2 Å². The van der Waals surface area contributed by atoms with Crippen molar-refractivity contribution in [2.45, 2.75) is 18.9 Å². The van der Waals surface area contributed by atoms with Crippen molar-refractivity contribution in [3.8, 4) is 0 Å². The van der Waals surface area contributed by atoms with Gasteiger partial charge in [-0.05, 0) is 12.0 Å². The molecule has 0 aliphatic carbocycles. The van der Waals surface area contributed by atoms with E-state index in [1.54, 1.807) is 6.20 Å². The number of aliphatic carboxylic acids is 1. The van der Waals surface area contributed by atoms with Gasteiger partial charge in [-0.1, -0.05) is 0 Å². The van der Waals surface area contributed by atoms with E-state index in [1.807, 2.05) is 10.9 Å². The van der Waals surface area contributed by atoms with Crippen LogP contribution in [0.4, 0.5) is 0 Å². The second-order valence-electron chi connectivity index (χ2n) is 3.53. The van der Waals surface area contributed by atoms with E-state index in [0.29, 0.717) is 12.5 Å². The van der Waals surface area contributed by atoms with E-state index in [1.165, 1.54) is 0 Å². The molecular weight excluding hydrogens is 182 g/mol. The number of carboxylic acid groups (broad SMARTS) is 1. The minimum atomic E-state index is -0.761. The smallest absolute Gasteiger partial charge is 0.303 e. The van der Waals surface area contributed by atoms with E-state index in [-0.39, 0.29) is 6.42 Å². The zero-order chi connectivity index (χ0) is 9.97. The van der Waals surface area contributed by atoms with Crippen LogP contribution in [0.15, 0.2) is 12.4 Å². The maximum Gasteiger partial charge on any atom is 0.303 e. The molecule has 2 N–H and O–H groups in total. The number of hydrogen-bond donors (Lipinski definition) is 2. The fourth-order valence-corrected chi connectivity index (χ4v) is 1.42. The molecule has 1 saturated heterocycles. The molecule has 1 aromatic rings. The van der Waals surface area contributed by atoms with Gasteiger partial charge in [0.1, 0.15) is 0 Å². The van der Waals surface area contributed by atoms with Crippen LogP contribution in [-0.2, 0) is 11.2 Å². The second kappa shape index (κ2) is 3.79. The molecule has 0 spiro atoms. The third kappa shape index (κ3) is 1.93. The summed E-state index contributed by atoms with van der Waals surface area (Å²) < 4.78 is 1.91. The number of nitrogens with zero attached hydrogens (tertiary/aromatic N) is 2. The first kappa shape index (κ1) is 9.21. The molecule has 2 rings (SSSR count). The van der Waals surface area contributed by atoms with Gasteiger partial charge in [-0.15, -0.1) is 0 Å². The summed E-state index contributed by atoms with van der Waals surface area (Å²) in [6.45, 7) is 1.92. The van der Waals surface area contributed by atoms with Gasteiger partial charge in [0, 0.05) is 25.7 Å². The molecule has 2 heterocycles. The average molecular weight is 195 g/mol. The molecule has 5 heteroatoms. The Balaban J connectivity index is 1.92. The molecule has 0 amide bonds. The monoisotopic (exact) mass is 195 g/mol. The van der Waals surface area contributed by atoms with Crippen LogP contribution >= 0.6 is 0 Å². The first-order valence-corrected chi connectivity index (χ1v) is 4.71. The van der Waals surface area contributed by atoms with Crippen molar-refractivity contribution < 1.29 is 9.90 Å². The van der Waals surface area contributed by atoms with Gasteiger partial charge >= 0.3 is 5.97 Å². The standard InChI is InChI=1S/C9H13N3O2/c13-9(14)2-1-7-3-11-12(6-7)8-4-10-5-8/h3,6,8,10H,1-2,4-5H2,(H,13,14). The topological polar surface area (TPSA) is 67.1 Å². The third-order valence-electron chi connectivity index (χ3n) is 2.42. The third-order valence-corrected chi connectivity index (χ3v) is 2.42. The molecule has 76 valence electrons. The second-order valence-corrected chi connectivity index (χ2v) is 3.53. The molecule has 5 nitrogen and oxygen atoms in total. The number of carbonyl (C=O) groups is 1. The average Bonchev–Trinajstić information content (AvgIpc) is 2.46. The van der Waals surface area contributed by atoms with Crippen molar-refractivity contribution in [3.63, 3.8) is 0 Å². The predicted octanol–water partition coefficient (Wildman–Crippen LogP) is 0.0446. The van der Waals surface area contributed by atoms with E-state index in [4.69, 9.17) is 5.11 Å². The molecule has 14 heavy (non-hydrogen) atoms. The van der Waals surface area contributed by atoms with Gasteiger partial charge in [-0.25, -0.2) is 0 Å². The summed E-state index contributed by atoms with van der Waals surface area (Å²) in [6, 6.07) is 0.452. The minimum Gasteiger partial charge on any atom is -0.481 e. The van der Waals surface area contributed by atoms with Crippen molar-refractivity contribution in [1.29, 1.82) is 0 Å². The van der Waals surface area contributed by atoms with Crippen LogP contribution in [0.2, 0.25) is 0 Å². The SMILES string of the molecule is O=C(O)CCc1cnn(C2CNC2)c1. The highest BCUT2D eigenvalue weighted by Gasteiger charge is 2.19. The molecular formula is C9H13N3O2. The lowest BCUT2D eigenvalue weighted by Crippen LogP contribution is -2.43. The summed E-state index contributed by atoms with van der Waals surface area (Å²) in [5.74, 6) is -0.761. The molecule has 0 saturated carbocycles. The zero-order valence-electron chi connectivity index (χ0n) is 7.81. The van der Waals surface area contributed by atoms with Gasteiger partial charge < -0.3 is 10.4 Å². The maximum absolute atomic E-state index is 10.3. The van der Waals surface area contributed by atoms with Crippen LogP contribution < -0.4 is 5.32 Å². The Labute approximate surface area is 81.7 Å². The Hall–Kier alpha value is -1.36. The quantitative estimate of drug-likeness (QED) is 0.712. The highest BCUT2D eigenvalue weighted by Crippen LogP contribution is 2.12. The number of aryl methyl sites for hydroxylation is 1. The predicted molar refractivity (Wildman–Crippen MR) is 50.1 cm³/mol. The normalized spacial score (nSPS) is 16.6. The van der Waals surface area contributed by atoms with Crippen LogP contribution in [0.1, 0.15) is 18.0 Å². The summed E-state index contributed by atoms with van der Waals surface area (Å²) in [5, 5.41) is 15.9. The number of hydrogen-bond acceptors (Lipinski definition) is 3. The molecule has 0 atom stereocenters. The van der Waals surface area contributed by atoms with E-state index >= 15 is 0 Å². The first-order chi connectivity index (χ1) is 6.75. The summed E-state index contributed by atoms with van der Waals surface area (Å²) in [4.78, 5) is 10.3. The largest absolute Gasteiger partial charge is 0.481 e. The molecule has 1 fully saturated rings. The summed E-state index contributed by atoms with van der Waals surface area (Å²) in [5.41, 5.74) is 0.999. The Morgan fingerprint density at radius 2 is 2.50 bits per heavy atom. The highest BCUT2D eigenvalue weighted by atomic mass is 16.4. The van der Waals surface area contributed by atoms with Gasteiger partial charge in [-0.2, -0.15) is 5.10 Å². The molecule has 0 radical (unpaired) electrons. The lowest BCUT2D eigenvalue weighted by Gasteiger charge is -2.27. The summed E-state index contributed by atoms with van der Waals surface area (Å²) in [7, 11) is 0. The highest BCUT2D eigenvalue weighted by molar-refractivity contribution is 5.67. The summed E-state index contributed by atoms with van der Waals surface area (Å²) >= 11 is 0. The van der Waals surface area contributed by atoms with Crippen LogP contribution in [0, 0.1) is 0 Å². The Bertz CT molecular complexity index is 331. The van der Waals surface area contributed by atoms with Crippen LogP contribution in [0.25, 0.3) is 0 Å². The minimum absolute atomic E-state index is 0.175. The lowest BCUT2D eigenvalue weighted by atomic mass is 10.2. The number of rotatable bonds is 4. The van der Waals surface area contributed by atoms with Gasteiger partial charge in [-0.3, -0.25) is 9.48 Å². The first-order valence-electron chi connectivity index (χ1n) is 4.71. The molecule has 1 aliphatic heterocycles. The van der Waals surface area contributed by atoms with Crippen molar-refractivity contribution in [2.75, 3.05) is 13.1 Å². The van der Waals surface area contributed by atoms with Crippen LogP contribution in [-0.4, -0.2) is 33.9 Å². The van der Waals surface area contributed by atoms with Gasteiger partial charge in [0.2, 0.25) is 0 Å². The Morgan fingerprint density at radius 3 is 3.07 bits per heavy atom. The van der Waals surface area contributed by atoms with Crippen molar-refractivity contribution in [3.05, 3.63) is 18.0 Å². The molecule has 0 bridgehead atoms. The fourth-order valence-electron chi connectivity index (χ4n) is 1.42. The van der Waals surface area contributed by atoms with Crippen molar-refractivity contribution >= 4 is 5.97 Å². The van der Waals surface area contributed by atoms with Crippen molar-refractivity contribution in [1.82, 2.24) is 15.1 Å². The Morgan fingerprint density at radius 1 is 1.71 bits per heavy atom.